The number of esters is 2. The SMILES string of the molecule is C#CCCC(CC)(C(=O)OCC)C(=O)OCC. The summed E-state index contributed by atoms with van der Waals surface area (Å²) >= 11 is 0. The highest BCUT2D eigenvalue weighted by Gasteiger charge is 2.46. The first-order valence-corrected chi connectivity index (χ1v) is 5.86. The number of hydrogen-bond donors (Lipinski definition) is 0. The molecule has 0 aliphatic rings. The van der Waals surface area contributed by atoms with Crippen molar-refractivity contribution in [3.8, 4) is 12.3 Å². The lowest BCUT2D eigenvalue weighted by Crippen LogP contribution is -2.41. The van der Waals surface area contributed by atoms with Crippen LogP contribution in [-0.2, 0) is 19.1 Å². The molecule has 0 saturated carbocycles. The van der Waals surface area contributed by atoms with Crippen LogP contribution in [0.3, 0.4) is 0 Å². The first kappa shape index (κ1) is 15.5. The van der Waals surface area contributed by atoms with Gasteiger partial charge in [-0.25, -0.2) is 0 Å². The standard InChI is InChI=1S/C13H20O4/c1-5-9-10-13(6-2,11(14)16-7-3)12(15)17-8-4/h1H,6-10H2,2-4H3. The molecule has 0 heterocycles. The topological polar surface area (TPSA) is 52.6 Å². The Labute approximate surface area is 103 Å². The van der Waals surface area contributed by atoms with Gasteiger partial charge in [-0.05, 0) is 26.7 Å². The van der Waals surface area contributed by atoms with E-state index >= 15 is 0 Å². The fraction of sp³-hybridized carbons (Fsp3) is 0.692. The van der Waals surface area contributed by atoms with Crippen molar-refractivity contribution < 1.29 is 19.1 Å². The average molecular weight is 240 g/mol. The minimum atomic E-state index is -1.25. The van der Waals surface area contributed by atoms with E-state index in [-0.39, 0.29) is 19.6 Å². The minimum Gasteiger partial charge on any atom is -0.465 e. The van der Waals surface area contributed by atoms with E-state index in [0.717, 1.165) is 0 Å². The van der Waals surface area contributed by atoms with E-state index in [4.69, 9.17) is 15.9 Å². The molecule has 0 N–H and O–H groups in total. The van der Waals surface area contributed by atoms with Crippen LogP contribution in [0.25, 0.3) is 0 Å². The summed E-state index contributed by atoms with van der Waals surface area (Å²) in [5.74, 6) is 1.35. The molecule has 0 spiro atoms. The maximum atomic E-state index is 11.9. The molecule has 0 aromatic carbocycles. The van der Waals surface area contributed by atoms with E-state index < -0.39 is 17.4 Å². The lowest BCUT2D eigenvalue weighted by molar-refractivity contribution is -0.173. The van der Waals surface area contributed by atoms with E-state index in [0.29, 0.717) is 12.8 Å². The first-order valence-electron chi connectivity index (χ1n) is 5.86. The molecule has 0 rings (SSSR count). The lowest BCUT2D eigenvalue weighted by Gasteiger charge is -2.27. The zero-order valence-corrected chi connectivity index (χ0v) is 10.7. The molecule has 0 aliphatic carbocycles. The van der Waals surface area contributed by atoms with Crippen LogP contribution in [0.1, 0.15) is 40.0 Å². The van der Waals surface area contributed by atoms with Crippen molar-refractivity contribution >= 4 is 11.9 Å². The Morgan fingerprint density at radius 3 is 1.88 bits per heavy atom. The van der Waals surface area contributed by atoms with Gasteiger partial charge in [-0.3, -0.25) is 9.59 Å². The van der Waals surface area contributed by atoms with Crippen LogP contribution < -0.4 is 0 Å². The Morgan fingerprint density at radius 1 is 1.12 bits per heavy atom. The molecule has 17 heavy (non-hydrogen) atoms. The minimum absolute atomic E-state index is 0.232. The number of hydrogen-bond acceptors (Lipinski definition) is 4. The predicted molar refractivity (Wildman–Crippen MR) is 64.1 cm³/mol. The van der Waals surface area contributed by atoms with Crippen molar-refractivity contribution in [1.29, 1.82) is 0 Å². The van der Waals surface area contributed by atoms with E-state index in [1.165, 1.54) is 0 Å². The van der Waals surface area contributed by atoms with Gasteiger partial charge in [-0.2, -0.15) is 0 Å². The zero-order chi connectivity index (χ0) is 13.3. The molecule has 0 radical (unpaired) electrons. The van der Waals surface area contributed by atoms with E-state index in [2.05, 4.69) is 5.92 Å². The predicted octanol–water partition coefficient (Wildman–Crippen LogP) is 1.92. The first-order chi connectivity index (χ1) is 8.08. The fourth-order valence-corrected chi connectivity index (χ4v) is 1.58. The number of terminal acetylenes is 1. The summed E-state index contributed by atoms with van der Waals surface area (Å²) in [6.07, 6.45) is 6.11. The molecular weight excluding hydrogens is 220 g/mol. The van der Waals surface area contributed by atoms with Crippen molar-refractivity contribution in [2.24, 2.45) is 5.41 Å². The van der Waals surface area contributed by atoms with Crippen LogP contribution in [0, 0.1) is 17.8 Å². The van der Waals surface area contributed by atoms with Gasteiger partial charge in [-0.15, -0.1) is 12.3 Å². The lowest BCUT2D eigenvalue weighted by atomic mass is 9.80. The zero-order valence-electron chi connectivity index (χ0n) is 10.7. The summed E-state index contributed by atoms with van der Waals surface area (Å²) in [6, 6.07) is 0. The molecule has 0 atom stereocenters. The molecule has 96 valence electrons. The van der Waals surface area contributed by atoms with Crippen LogP contribution in [0.4, 0.5) is 0 Å². The summed E-state index contributed by atoms with van der Waals surface area (Å²) in [6.45, 7) is 5.62. The highest BCUT2D eigenvalue weighted by molar-refractivity contribution is 6.00. The van der Waals surface area contributed by atoms with E-state index in [9.17, 15) is 9.59 Å². The quantitative estimate of drug-likeness (QED) is 0.387. The Balaban J connectivity index is 5.06. The van der Waals surface area contributed by atoms with Gasteiger partial charge >= 0.3 is 11.9 Å². The van der Waals surface area contributed by atoms with Gasteiger partial charge in [0, 0.05) is 6.42 Å². The summed E-state index contributed by atoms with van der Waals surface area (Å²) in [4.78, 5) is 23.9. The average Bonchev–Trinajstić information content (AvgIpc) is 2.31. The fourth-order valence-electron chi connectivity index (χ4n) is 1.58. The normalized spacial score (nSPS) is 10.5. The Hall–Kier alpha value is -1.50. The Morgan fingerprint density at radius 2 is 1.59 bits per heavy atom. The van der Waals surface area contributed by atoms with Gasteiger partial charge in [0.05, 0.1) is 13.2 Å². The van der Waals surface area contributed by atoms with E-state index in [1.807, 2.05) is 0 Å². The molecule has 4 nitrogen and oxygen atoms in total. The summed E-state index contributed by atoms with van der Waals surface area (Å²) < 4.78 is 9.91. The molecular formula is C13H20O4. The van der Waals surface area contributed by atoms with Gasteiger partial charge in [0.1, 0.15) is 0 Å². The number of rotatable bonds is 7. The van der Waals surface area contributed by atoms with Crippen molar-refractivity contribution in [3.63, 3.8) is 0 Å². The van der Waals surface area contributed by atoms with Gasteiger partial charge in [0.25, 0.3) is 0 Å². The van der Waals surface area contributed by atoms with Crippen LogP contribution in [0.15, 0.2) is 0 Å². The molecule has 0 bridgehead atoms. The third-order valence-electron chi connectivity index (χ3n) is 2.63. The maximum absolute atomic E-state index is 11.9. The second-order valence-electron chi connectivity index (χ2n) is 3.58. The monoisotopic (exact) mass is 240 g/mol. The highest BCUT2D eigenvalue weighted by atomic mass is 16.6. The second-order valence-corrected chi connectivity index (χ2v) is 3.58. The third-order valence-corrected chi connectivity index (χ3v) is 2.63. The maximum Gasteiger partial charge on any atom is 0.323 e. The molecule has 0 fully saturated rings. The molecule has 0 amide bonds. The molecule has 0 aromatic rings. The summed E-state index contributed by atoms with van der Waals surface area (Å²) in [5, 5.41) is 0. The smallest absolute Gasteiger partial charge is 0.323 e. The van der Waals surface area contributed by atoms with E-state index in [1.54, 1.807) is 20.8 Å². The van der Waals surface area contributed by atoms with Crippen molar-refractivity contribution in [2.45, 2.75) is 40.0 Å². The molecule has 0 aromatic heterocycles. The van der Waals surface area contributed by atoms with Crippen LogP contribution in [0.5, 0.6) is 0 Å². The van der Waals surface area contributed by atoms with Crippen LogP contribution >= 0.6 is 0 Å². The molecule has 0 aliphatic heterocycles. The van der Waals surface area contributed by atoms with Gasteiger partial charge in [0.15, 0.2) is 5.41 Å². The van der Waals surface area contributed by atoms with Gasteiger partial charge < -0.3 is 9.47 Å². The number of carbonyl (C=O) groups is 2. The van der Waals surface area contributed by atoms with Crippen LogP contribution in [-0.4, -0.2) is 25.2 Å². The van der Waals surface area contributed by atoms with Crippen LogP contribution in [0.2, 0.25) is 0 Å². The highest BCUT2D eigenvalue weighted by Crippen LogP contribution is 2.31. The Kier molecular flexibility index (Phi) is 7.04. The van der Waals surface area contributed by atoms with Crippen molar-refractivity contribution in [3.05, 3.63) is 0 Å². The van der Waals surface area contributed by atoms with Gasteiger partial charge in [0.2, 0.25) is 0 Å². The van der Waals surface area contributed by atoms with Crippen molar-refractivity contribution in [1.82, 2.24) is 0 Å². The molecule has 4 heteroatoms. The number of ether oxygens (including phenoxy) is 2. The summed E-state index contributed by atoms with van der Waals surface area (Å²) in [7, 11) is 0. The molecule has 0 unspecified atom stereocenters. The number of carbonyl (C=O) groups excluding carboxylic acids is 2. The largest absolute Gasteiger partial charge is 0.465 e. The third kappa shape index (κ3) is 3.77. The van der Waals surface area contributed by atoms with Crippen molar-refractivity contribution in [2.75, 3.05) is 13.2 Å². The second kappa shape index (κ2) is 7.72. The summed E-state index contributed by atoms with van der Waals surface area (Å²) in [5.41, 5.74) is -1.25. The van der Waals surface area contributed by atoms with Gasteiger partial charge in [-0.1, -0.05) is 6.92 Å². The Bertz CT molecular complexity index is 283. The molecule has 0 saturated heterocycles.